The van der Waals surface area contributed by atoms with E-state index in [4.69, 9.17) is 0 Å². The summed E-state index contributed by atoms with van der Waals surface area (Å²) in [6.45, 7) is 6.20. The van der Waals surface area contributed by atoms with E-state index >= 15 is 0 Å². The summed E-state index contributed by atoms with van der Waals surface area (Å²) < 4.78 is 27.0. The lowest BCUT2D eigenvalue weighted by molar-refractivity contribution is -0.386. The van der Waals surface area contributed by atoms with Gasteiger partial charge in [0.1, 0.15) is 5.69 Å². The van der Waals surface area contributed by atoms with Crippen LogP contribution in [0.25, 0.3) is 0 Å². The van der Waals surface area contributed by atoms with Crippen molar-refractivity contribution in [2.24, 2.45) is 5.41 Å². The van der Waals surface area contributed by atoms with E-state index in [9.17, 15) is 18.5 Å². The highest BCUT2D eigenvalue weighted by molar-refractivity contribution is 7.89. The van der Waals surface area contributed by atoms with Crippen LogP contribution in [-0.2, 0) is 10.0 Å². The number of para-hydroxylation sites is 1. The van der Waals surface area contributed by atoms with Crippen molar-refractivity contribution in [1.82, 2.24) is 4.72 Å². The van der Waals surface area contributed by atoms with Gasteiger partial charge in [0.05, 0.1) is 4.92 Å². The van der Waals surface area contributed by atoms with Gasteiger partial charge >= 0.3 is 5.69 Å². The van der Waals surface area contributed by atoms with Crippen LogP contribution in [0, 0.1) is 15.5 Å². The zero-order valence-electron chi connectivity index (χ0n) is 12.6. The standard InChI is InChI=1S/C13H21N3O4S/c1-13(2,3)8-9-15-21(19,20)11-7-5-6-10(14-4)12(11)16(17)18/h5-7,14-15H,8-9H2,1-4H3. The topological polar surface area (TPSA) is 101 Å². The molecule has 0 aromatic heterocycles. The zero-order valence-corrected chi connectivity index (χ0v) is 13.5. The second-order valence-corrected chi connectivity index (χ2v) is 7.60. The summed E-state index contributed by atoms with van der Waals surface area (Å²) >= 11 is 0. The Morgan fingerprint density at radius 1 is 1.29 bits per heavy atom. The minimum absolute atomic E-state index is 0.0265. The Bertz CT molecular complexity index is 621. The number of anilines is 1. The Kier molecular flexibility index (Phi) is 5.30. The fraction of sp³-hybridized carbons (Fsp3) is 0.538. The molecule has 2 N–H and O–H groups in total. The Hall–Kier alpha value is -1.67. The predicted octanol–water partition coefficient (Wildman–Crippen LogP) is 2.35. The van der Waals surface area contributed by atoms with E-state index in [1.165, 1.54) is 25.2 Å². The molecule has 0 bridgehead atoms. The molecule has 0 fully saturated rings. The fourth-order valence-electron chi connectivity index (χ4n) is 1.77. The fourth-order valence-corrected chi connectivity index (χ4v) is 2.99. The molecule has 0 radical (unpaired) electrons. The average Bonchev–Trinajstić information content (AvgIpc) is 2.35. The van der Waals surface area contributed by atoms with E-state index in [2.05, 4.69) is 10.0 Å². The maximum absolute atomic E-state index is 12.3. The third-order valence-electron chi connectivity index (χ3n) is 2.91. The monoisotopic (exact) mass is 315 g/mol. The quantitative estimate of drug-likeness (QED) is 0.620. The summed E-state index contributed by atoms with van der Waals surface area (Å²) in [4.78, 5) is 10.1. The highest BCUT2D eigenvalue weighted by Crippen LogP contribution is 2.31. The molecule has 118 valence electrons. The minimum atomic E-state index is -3.92. The van der Waals surface area contributed by atoms with Crippen LogP contribution in [0.15, 0.2) is 23.1 Å². The predicted molar refractivity (Wildman–Crippen MR) is 81.9 cm³/mol. The number of hydrogen-bond acceptors (Lipinski definition) is 5. The van der Waals surface area contributed by atoms with Gasteiger partial charge < -0.3 is 5.32 Å². The molecule has 0 aliphatic heterocycles. The van der Waals surface area contributed by atoms with Crippen molar-refractivity contribution in [2.45, 2.75) is 32.1 Å². The summed E-state index contributed by atoms with van der Waals surface area (Å²) in [6, 6.07) is 4.17. The van der Waals surface area contributed by atoms with Crippen LogP contribution in [0.5, 0.6) is 0 Å². The van der Waals surface area contributed by atoms with Gasteiger partial charge in [-0.05, 0) is 24.0 Å². The van der Waals surface area contributed by atoms with E-state index in [0.717, 1.165) is 0 Å². The second-order valence-electron chi connectivity index (χ2n) is 5.87. The smallest absolute Gasteiger partial charge is 0.312 e. The van der Waals surface area contributed by atoms with Gasteiger partial charge in [-0.25, -0.2) is 13.1 Å². The summed E-state index contributed by atoms with van der Waals surface area (Å²) in [5, 5.41) is 13.8. The van der Waals surface area contributed by atoms with E-state index in [0.29, 0.717) is 6.42 Å². The number of nitro benzene ring substituents is 1. The first-order valence-electron chi connectivity index (χ1n) is 6.53. The molecule has 1 aromatic carbocycles. The number of nitrogens with one attached hydrogen (secondary N) is 2. The molecular formula is C13H21N3O4S. The Morgan fingerprint density at radius 2 is 1.90 bits per heavy atom. The lowest BCUT2D eigenvalue weighted by Crippen LogP contribution is -2.28. The molecule has 8 heteroatoms. The van der Waals surface area contributed by atoms with Crippen molar-refractivity contribution in [3.8, 4) is 0 Å². The van der Waals surface area contributed by atoms with Crippen LogP contribution in [0.1, 0.15) is 27.2 Å². The van der Waals surface area contributed by atoms with Crippen molar-refractivity contribution >= 4 is 21.4 Å². The van der Waals surface area contributed by atoms with Gasteiger partial charge in [-0.2, -0.15) is 0 Å². The van der Waals surface area contributed by atoms with Crippen molar-refractivity contribution in [3.05, 3.63) is 28.3 Å². The lowest BCUT2D eigenvalue weighted by atomic mass is 9.93. The van der Waals surface area contributed by atoms with E-state index < -0.39 is 20.6 Å². The normalized spacial score (nSPS) is 12.2. The molecule has 0 aliphatic rings. The number of nitro groups is 1. The van der Waals surface area contributed by atoms with Crippen molar-refractivity contribution in [3.63, 3.8) is 0 Å². The molecule has 1 aromatic rings. The molecule has 0 saturated carbocycles. The highest BCUT2D eigenvalue weighted by Gasteiger charge is 2.28. The van der Waals surface area contributed by atoms with Gasteiger partial charge in [0, 0.05) is 13.6 Å². The highest BCUT2D eigenvalue weighted by atomic mass is 32.2. The van der Waals surface area contributed by atoms with Gasteiger partial charge in [-0.1, -0.05) is 26.8 Å². The minimum Gasteiger partial charge on any atom is -0.383 e. The molecule has 0 spiro atoms. The third kappa shape index (κ3) is 4.68. The zero-order chi connectivity index (χ0) is 16.3. The molecule has 21 heavy (non-hydrogen) atoms. The summed E-state index contributed by atoms with van der Waals surface area (Å²) in [5.74, 6) is 0. The van der Waals surface area contributed by atoms with Gasteiger partial charge in [0.2, 0.25) is 10.0 Å². The molecule has 0 amide bonds. The van der Waals surface area contributed by atoms with Crippen LogP contribution in [0.3, 0.4) is 0 Å². The third-order valence-corrected chi connectivity index (χ3v) is 4.40. The number of benzene rings is 1. The average molecular weight is 315 g/mol. The van der Waals surface area contributed by atoms with Gasteiger partial charge in [-0.3, -0.25) is 10.1 Å². The number of sulfonamides is 1. The molecule has 1 rings (SSSR count). The van der Waals surface area contributed by atoms with Crippen LogP contribution < -0.4 is 10.0 Å². The van der Waals surface area contributed by atoms with E-state index in [-0.39, 0.29) is 22.5 Å². The van der Waals surface area contributed by atoms with Gasteiger partial charge in [0.15, 0.2) is 4.90 Å². The lowest BCUT2D eigenvalue weighted by Gasteiger charge is -2.18. The first kappa shape index (κ1) is 17.4. The van der Waals surface area contributed by atoms with Gasteiger partial charge in [-0.15, -0.1) is 0 Å². The molecule has 0 saturated heterocycles. The number of rotatable bonds is 6. The SMILES string of the molecule is CNc1cccc(S(=O)(=O)NCCC(C)(C)C)c1[N+](=O)[O-]. The van der Waals surface area contributed by atoms with Crippen LogP contribution in [-0.4, -0.2) is 26.9 Å². The first-order valence-corrected chi connectivity index (χ1v) is 8.01. The summed E-state index contributed by atoms with van der Waals surface area (Å²) in [5.41, 5.74) is -0.302. The molecule has 0 atom stereocenters. The Morgan fingerprint density at radius 3 is 2.38 bits per heavy atom. The van der Waals surface area contributed by atoms with Crippen molar-refractivity contribution in [1.29, 1.82) is 0 Å². The molecule has 0 heterocycles. The number of nitrogens with zero attached hydrogens (tertiary/aromatic N) is 1. The van der Waals surface area contributed by atoms with Crippen molar-refractivity contribution < 1.29 is 13.3 Å². The van der Waals surface area contributed by atoms with Crippen LogP contribution in [0.4, 0.5) is 11.4 Å². The Balaban J connectivity index is 3.11. The van der Waals surface area contributed by atoms with Crippen LogP contribution in [0.2, 0.25) is 0 Å². The maximum atomic E-state index is 12.3. The molecule has 0 aliphatic carbocycles. The Labute approximate surface area is 124 Å². The maximum Gasteiger partial charge on any atom is 0.312 e. The molecule has 7 nitrogen and oxygen atoms in total. The largest absolute Gasteiger partial charge is 0.383 e. The van der Waals surface area contributed by atoms with E-state index in [1.807, 2.05) is 20.8 Å². The summed E-state index contributed by atoms with van der Waals surface area (Å²) in [7, 11) is -2.42. The number of hydrogen-bond donors (Lipinski definition) is 2. The molecule has 0 unspecified atom stereocenters. The van der Waals surface area contributed by atoms with Gasteiger partial charge in [0.25, 0.3) is 0 Å². The first-order chi connectivity index (χ1) is 9.58. The summed E-state index contributed by atoms with van der Waals surface area (Å²) in [6.07, 6.45) is 0.631. The van der Waals surface area contributed by atoms with E-state index in [1.54, 1.807) is 0 Å². The van der Waals surface area contributed by atoms with Crippen molar-refractivity contribution in [2.75, 3.05) is 18.9 Å². The molecular weight excluding hydrogens is 294 g/mol. The van der Waals surface area contributed by atoms with Crippen LogP contribution >= 0.6 is 0 Å². The second kappa shape index (κ2) is 6.40.